The Bertz CT molecular complexity index is 42.5. The van der Waals surface area contributed by atoms with Gasteiger partial charge >= 0.3 is 0 Å². The summed E-state index contributed by atoms with van der Waals surface area (Å²) in [5.41, 5.74) is 25.8. The third-order valence-electron chi connectivity index (χ3n) is 1.000. The van der Waals surface area contributed by atoms with Crippen molar-refractivity contribution in [1.29, 1.82) is 0 Å². The van der Waals surface area contributed by atoms with Crippen molar-refractivity contribution in [3.63, 3.8) is 0 Å². The summed E-state index contributed by atoms with van der Waals surface area (Å²) in [5, 5.41) is 0. The Balaban J connectivity index is -0.0000000369. The molecule has 5 heteroatoms. The van der Waals surface area contributed by atoms with Crippen LogP contribution in [0.5, 0.6) is 0 Å². The van der Waals surface area contributed by atoms with Gasteiger partial charge in [-0.3, -0.25) is 0 Å². The van der Waals surface area contributed by atoms with E-state index in [0.29, 0.717) is 26.2 Å². The molecule has 0 aromatic carbocycles. The number of hydrogen-bond acceptors (Lipinski definition) is 0. The minimum absolute atomic E-state index is 0. The molecule has 4 nitrogen and oxygen atoms in total. The summed E-state index contributed by atoms with van der Waals surface area (Å²) in [6, 6.07) is 0. The fourth-order valence-corrected chi connectivity index (χ4v) is 0. The molecule has 0 rings (SSSR count). The van der Waals surface area contributed by atoms with Crippen LogP contribution < -0.4 is 0 Å². The second kappa shape index (κ2) is 54.7. The van der Waals surface area contributed by atoms with Gasteiger partial charge in [0.1, 0.15) is 0 Å². The molecule has 0 aliphatic heterocycles. The Morgan fingerprint density at radius 2 is 0.529 bits per heavy atom. The average molecular weight is 413 g/mol. The predicted molar refractivity (Wildman–Crippen MR) is 77.9 cm³/mol. The van der Waals surface area contributed by atoms with E-state index in [0.717, 1.165) is 25.7 Å². The molecule has 0 unspecified atom stereocenters. The molecule has 109 valence electrons. The maximum absolute atomic E-state index is 6.45. The average Bonchev–Trinajstić information content (AvgIpc) is 2.39. The third-order valence-corrected chi connectivity index (χ3v) is 1.000. The molecule has 0 bridgehead atoms. The number of hydrogen-bond donors (Lipinski definition) is 0. The van der Waals surface area contributed by atoms with Crippen LogP contribution >= 0.6 is 0 Å². The van der Waals surface area contributed by atoms with Crippen molar-refractivity contribution in [2.24, 2.45) is 0 Å². The molecule has 0 amide bonds. The van der Waals surface area contributed by atoms with Crippen LogP contribution in [0.1, 0.15) is 53.4 Å². The molecule has 0 aliphatic carbocycles. The molecule has 17 heavy (non-hydrogen) atoms. The van der Waals surface area contributed by atoms with Crippen molar-refractivity contribution < 1.29 is 22.4 Å². The molecule has 0 saturated carbocycles. The second-order valence-electron chi connectivity index (χ2n) is 3.00. The fourth-order valence-electron chi connectivity index (χ4n) is 0. The van der Waals surface area contributed by atoms with E-state index in [2.05, 4.69) is 0 Å². The zero-order chi connectivity index (χ0) is 13.7. The first kappa shape index (κ1) is 30.5. The third kappa shape index (κ3) is 168. The van der Waals surface area contributed by atoms with Gasteiger partial charge in [0, 0.05) is 22.4 Å². The quantitative estimate of drug-likeness (QED) is 0.558. The van der Waals surface area contributed by atoms with Crippen LogP contribution in [0.3, 0.4) is 0 Å². The Morgan fingerprint density at radius 1 is 0.471 bits per heavy atom. The van der Waals surface area contributed by atoms with Crippen LogP contribution in [-0.4, -0.2) is 26.2 Å². The van der Waals surface area contributed by atoms with Crippen LogP contribution in [0.2, 0.25) is 0 Å². The molecule has 0 aromatic rings. The standard InChI is InChI=1S/4C3H8N.Ta/c4*1-2-3-4;/h4*4H,2-3H2,1H3;/q4*-1;. The van der Waals surface area contributed by atoms with Gasteiger partial charge in [0.2, 0.25) is 0 Å². The Labute approximate surface area is 125 Å². The first-order valence-electron chi connectivity index (χ1n) is 6.24. The van der Waals surface area contributed by atoms with Gasteiger partial charge in [0.15, 0.2) is 0 Å². The molecular weight excluding hydrogens is 381 g/mol. The summed E-state index contributed by atoms with van der Waals surface area (Å²) in [4.78, 5) is 0. The van der Waals surface area contributed by atoms with Crippen molar-refractivity contribution in [2.75, 3.05) is 26.2 Å². The monoisotopic (exact) mass is 413 g/mol. The van der Waals surface area contributed by atoms with Crippen molar-refractivity contribution in [2.45, 2.75) is 53.4 Å². The van der Waals surface area contributed by atoms with E-state index >= 15 is 0 Å². The van der Waals surface area contributed by atoms with E-state index < -0.39 is 0 Å². The SMILES string of the molecule is CCC[NH-].CCC[NH-].CCC[NH-].CCC[NH-].[Ta]. The van der Waals surface area contributed by atoms with Crippen LogP contribution in [0.15, 0.2) is 0 Å². The van der Waals surface area contributed by atoms with Gasteiger partial charge in [-0.05, 0) is 0 Å². The largest absolute Gasteiger partial charge is 0.677 e. The summed E-state index contributed by atoms with van der Waals surface area (Å²) in [6.45, 7) is 10.2. The summed E-state index contributed by atoms with van der Waals surface area (Å²) < 4.78 is 0. The second-order valence-corrected chi connectivity index (χ2v) is 3.00. The van der Waals surface area contributed by atoms with Gasteiger partial charge < -0.3 is 22.9 Å². The van der Waals surface area contributed by atoms with Gasteiger partial charge in [0.05, 0.1) is 0 Å². The van der Waals surface area contributed by atoms with Crippen LogP contribution in [-0.2, 0) is 22.4 Å². The maximum Gasteiger partial charge on any atom is 0 e. The van der Waals surface area contributed by atoms with E-state index in [1.165, 1.54) is 0 Å². The Morgan fingerprint density at radius 3 is 0.529 bits per heavy atom. The van der Waals surface area contributed by atoms with Crippen LogP contribution in [0.4, 0.5) is 0 Å². The summed E-state index contributed by atoms with van der Waals surface area (Å²) >= 11 is 0. The zero-order valence-electron chi connectivity index (χ0n) is 12.1. The van der Waals surface area contributed by atoms with Crippen molar-refractivity contribution in [3.05, 3.63) is 22.9 Å². The molecular formula is C12H32N4Ta-4. The van der Waals surface area contributed by atoms with E-state index in [4.69, 9.17) is 22.9 Å². The first-order valence-corrected chi connectivity index (χ1v) is 6.24. The molecule has 0 fully saturated rings. The number of rotatable bonds is 4. The predicted octanol–water partition coefficient (Wildman–Crippen LogP) is 5.79. The van der Waals surface area contributed by atoms with E-state index in [-0.39, 0.29) is 22.4 Å². The Hall–Kier alpha value is 0.580. The van der Waals surface area contributed by atoms with E-state index in [9.17, 15) is 0 Å². The molecule has 1 radical (unpaired) electrons. The minimum atomic E-state index is 0. The molecule has 0 aliphatic rings. The zero-order valence-corrected chi connectivity index (χ0v) is 15.3. The van der Waals surface area contributed by atoms with Gasteiger partial charge in [-0.2, -0.15) is 26.2 Å². The van der Waals surface area contributed by atoms with E-state index in [1.54, 1.807) is 0 Å². The molecule has 4 N–H and O–H groups in total. The minimum Gasteiger partial charge on any atom is -0.677 e. The van der Waals surface area contributed by atoms with Gasteiger partial charge in [-0.15, -0.1) is 0 Å². The van der Waals surface area contributed by atoms with Crippen LogP contribution in [0.25, 0.3) is 22.9 Å². The maximum atomic E-state index is 6.45. The number of nitrogens with one attached hydrogen (secondary N) is 4. The smallest absolute Gasteiger partial charge is 0 e. The van der Waals surface area contributed by atoms with E-state index in [1.807, 2.05) is 27.7 Å². The summed E-state index contributed by atoms with van der Waals surface area (Å²) in [5.74, 6) is 0. The van der Waals surface area contributed by atoms with Gasteiger partial charge in [0.25, 0.3) is 0 Å². The normalized spacial score (nSPS) is 7.06. The van der Waals surface area contributed by atoms with Crippen LogP contribution in [0, 0.1) is 0 Å². The van der Waals surface area contributed by atoms with Crippen molar-refractivity contribution in [1.82, 2.24) is 0 Å². The summed E-state index contributed by atoms with van der Waals surface area (Å²) in [7, 11) is 0. The van der Waals surface area contributed by atoms with Crippen molar-refractivity contribution in [3.8, 4) is 0 Å². The fraction of sp³-hybridized carbons (Fsp3) is 1.00. The molecule has 0 saturated heterocycles. The van der Waals surface area contributed by atoms with Gasteiger partial charge in [-0.1, -0.05) is 53.4 Å². The van der Waals surface area contributed by atoms with Crippen molar-refractivity contribution >= 4 is 0 Å². The summed E-state index contributed by atoms with van der Waals surface area (Å²) in [6.07, 6.45) is 3.94. The molecule has 0 spiro atoms. The molecule has 0 heterocycles. The molecule has 0 aromatic heterocycles. The first-order chi connectivity index (χ1) is 7.66. The van der Waals surface area contributed by atoms with Gasteiger partial charge in [-0.25, -0.2) is 0 Å². The topological polar surface area (TPSA) is 95.2 Å². The Kier molecular flexibility index (Phi) is 98.2. The molecule has 0 atom stereocenters.